The summed E-state index contributed by atoms with van der Waals surface area (Å²) in [5.41, 5.74) is 1.98. The Morgan fingerprint density at radius 3 is 2.18 bits per heavy atom. The van der Waals surface area contributed by atoms with Crippen LogP contribution in [0.1, 0.15) is 43.2 Å². The first kappa shape index (κ1) is 20.1. The Morgan fingerprint density at radius 1 is 0.893 bits per heavy atom. The summed E-state index contributed by atoms with van der Waals surface area (Å²) < 4.78 is 49.8. The molecule has 5 heteroatoms. The quantitative estimate of drug-likeness (QED) is 0.473. The second-order valence-electron chi connectivity index (χ2n) is 7.83. The number of hydrogen-bond donors (Lipinski definition) is 0. The number of furan rings is 1. The van der Waals surface area contributed by atoms with E-state index in [0.717, 1.165) is 23.4 Å². The normalized spacial score (nSPS) is 12.2. The van der Waals surface area contributed by atoms with Crippen molar-refractivity contribution in [2.75, 3.05) is 0 Å². The van der Waals surface area contributed by atoms with Gasteiger partial charge in [0, 0.05) is 11.1 Å². The van der Waals surface area contributed by atoms with Gasteiger partial charge in [0.2, 0.25) is 0 Å². The van der Waals surface area contributed by atoms with Crippen LogP contribution in [0.2, 0.25) is 0 Å². The lowest BCUT2D eigenvalue weighted by Crippen LogP contribution is -2.10. The summed E-state index contributed by atoms with van der Waals surface area (Å²) in [6.07, 6.45) is -4.35. The van der Waals surface area contributed by atoms with Crippen molar-refractivity contribution >= 4 is 0 Å². The molecule has 0 unspecified atom stereocenters. The second-order valence-corrected chi connectivity index (χ2v) is 7.83. The predicted molar refractivity (Wildman–Crippen MR) is 103 cm³/mol. The Bertz CT molecular complexity index is 945. The Balaban J connectivity index is 1.74. The van der Waals surface area contributed by atoms with E-state index >= 15 is 0 Å². The maximum absolute atomic E-state index is 12.7. The van der Waals surface area contributed by atoms with E-state index in [1.54, 1.807) is 0 Å². The smallest absolute Gasteiger partial charge is 0.416 e. The van der Waals surface area contributed by atoms with Gasteiger partial charge in [-0.25, -0.2) is 0 Å². The molecule has 1 heterocycles. The largest absolute Gasteiger partial charge is 0.489 e. The van der Waals surface area contributed by atoms with Crippen molar-refractivity contribution in [2.24, 2.45) is 0 Å². The first-order valence-electron chi connectivity index (χ1n) is 9.04. The third kappa shape index (κ3) is 4.58. The molecule has 0 saturated carbocycles. The number of alkyl halides is 3. The van der Waals surface area contributed by atoms with Crippen LogP contribution in [0, 0.1) is 6.92 Å². The fourth-order valence-corrected chi connectivity index (χ4v) is 2.84. The standard InChI is InChI=1S/C23H23F3O2/c1-15-17(14-27-20-7-5-6-19(13-20)22(2,3)4)12-21(28-15)16-8-10-18(11-9-16)23(24,25)26/h5-13H,14H2,1-4H3. The molecule has 0 N–H and O–H groups in total. The number of rotatable bonds is 4. The summed E-state index contributed by atoms with van der Waals surface area (Å²) in [6.45, 7) is 8.56. The van der Waals surface area contributed by atoms with E-state index in [0.29, 0.717) is 23.7 Å². The van der Waals surface area contributed by atoms with Gasteiger partial charge >= 0.3 is 6.18 Å². The van der Waals surface area contributed by atoms with Gasteiger partial charge in [0.1, 0.15) is 23.9 Å². The maximum Gasteiger partial charge on any atom is 0.416 e. The molecule has 0 aliphatic heterocycles. The van der Waals surface area contributed by atoms with Gasteiger partial charge in [0.15, 0.2) is 0 Å². The predicted octanol–water partition coefficient (Wildman–Crippen LogP) is 7.15. The van der Waals surface area contributed by atoms with Crippen LogP contribution in [-0.2, 0) is 18.2 Å². The van der Waals surface area contributed by atoms with Crippen molar-refractivity contribution in [3.63, 3.8) is 0 Å². The van der Waals surface area contributed by atoms with Gasteiger partial charge in [-0.05, 0) is 48.2 Å². The molecule has 0 aliphatic rings. The molecule has 0 atom stereocenters. The second kappa shape index (κ2) is 7.38. The Kier molecular flexibility index (Phi) is 5.28. The minimum atomic E-state index is -4.35. The Hall–Kier alpha value is -2.69. The Labute approximate surface area is 163 Å². The van der Waals surface area contributed by atoms with Crippen LogP contribution in [-0.4, -0.2) is 0 Å². The van der Waals surface area contributed by atoms with E-state index in [2.05, 4.69) is 26.8 Å². The first-order chi connectivity index (χ1) is 13.0. The van der Waals surface area contributed by atoms with E-state index in [4.69, 9.17) is 9.15 Å². The molecule has 2 nitrogen and oxygen atoms in total. The minimum absolute atomic E-state index is 0.0284. The fraction of sp³-hybridized carbons (Fsp3) is 0.304. The highest BCUT2D eigenvalue weighted by Crippen LogP contribution is 2.32. The van der Waals surface area contributed by atoms with E-state index in [1.807, 2.05) is 31.2 Å². The number of halogens is 3. The van der Waals surface area contributed by atoms with Crippen LogP contribution in [0.5, 0.6) is 5.75 Å². The van der Waals surface area contributed by atoms with E-state index in [1.165, 1.54) is 17.7 Å². The van der Waals surface area contributed by atoms with Crippen molar-refractivity contribution in [3.05, 3.63) is 77.0 Å². The summed E-state index contributed by atoms with van der Waals surface area (Å²) in [4.78, 5) is 0. The molecule has 0 radical (unpaired) electrons. The molecule has 0 bridgehead atoms. The summed E-state index contributed by atoms with van der Waals surface area (Å²) >= 11 is 0. The van der Waals surface area contributed by atoms with Gasteiger partial charge in [0.25, 0.3) is 0 Å². The van der Waals surface area contributed by atoms with Crippen LogP contribution in [0.4, 0.5) is 13.2 Å². The monoisotopic (exact) mass is 388 g/mol. The van der Waals surface area contributed by atoms with Crippen molar-refractivity contribution in [1.82, 2.24) is 0 Å². The van der Waals surface area contributed by atoms with Gasteiger partial charge in [-0.2, -0.15) is 13.2 Å². The summed E-state index contributed by atoms with van der Waals surface area (Å²) in [5, 5.41) is 0. The van der Waals surface area contributed by atoms with E-state index in [9.17, 15) is 13.2 Å². The van der Waals surface area contributed by atoms with Crippen molar-refractivity contribution in [3.8, 4) is 17.1 Å². The summed E-state index contributed by atoms with van der Waals surface area (Å²) in [6, 6.07) is 14.7. The lowest BCUT2D eigenvalue weighted by molar-refractivity contribution is -0.137. The fourth-order valence-electron chi connectivity index (χ4n) is 2.84. The van der Waals surface area contributed by atoms with Crippen molar-refractivity contribution < 1.29 is 22.3 Å². The van der Waals surface area contributed by atoms with Crippen molar-refractivity contribution in [2.45, 2.75) is 45.9 Å². The summed E-state index contributed by atoms with van der Waals surface area (Å²) in [7, 11) is 0. The zero-order valence-corrected chi connectivity index (χ0v) is 16.4. The molecule has 0 amide bonds. The average Bonchev–Trinajstić information content (AvgIpc) is 3.00. The number of aryl methyl sites for hydroxylation is 1. The van der Waals surface area contributed by atoms with Crippen LogP contribution in [0.3, 0.4) is 0 Å². The molecule has 0 saturated heterocycles. The molecule has 0 aliphatic carbocycles. The third-order valence-electron chi connectivity index (χ3n) is 4.61. The topological polar surface area (TPSA) is 22.4 Å². The highest BCUT2D eigenvalue weighted by Gasteiger charge is 2.30. The minimum Gasteiger partial charge on any atom is -0.489 e. The van der Waals surface area contributed by atoms with E-state index in [-0.39, 0.29) is 5.41 Å². The molecule has 0 fully saturated rings. The molecule has 28 heavy (non-hydrogen) atoms. The molecular formula is C23H23F3O2. The number of ether oxygens (including phenoxy) is 1. The van der Waals surface area contributed by atoms with Crippen LogP contribution in [0.15, 0.2) is 59.0 Å². The average molecular weight is 388 g/mol. The lowest BCUT2D eigenvalue weighted by atomic mass is 9.87. The van der Waals surface area contributed by atoms with E-state index < -0.39 is 11.7 Å². The first-order valence-corrected chi connectivity index (χ1v) is 9.04. The number of hydrogen-bond acceptors (Lipinski definition) is 2. The number of benzene rings is 2. The molecule has 148 valence electrons. The van der Waals surface area contributed by atoms with Gasteiger partial charge in [0.05, 0.1) is 5.56 Å². The van der Waals surface area contributed by atoms with Crippen LogP contribution in [0.25, 0.3) is 11.3 Å². The summed E-state index contributed by atoms with van der Waals surface area (Å²) in [5.74, 6) is 1.97. The van der Waals surface area contributed by atoms with Crippen molar-refractivity contribution in [1.29, 1.82) is 0 Å². The lowest BCUT2D eigenvalue weighted by Gasteiger charge is -2.19. The van der Waals surface area contributed by atoms with Gasteiger partial charge in [-0.15, -0.1) is 0 Å². The molecular weight excluding hydrogens is 365 g/mol. The zero-order valence-electron chi connectivity index (χ0n) is 16.4. The zero-order chi connectivity index (χ0) is 20.5. The van der Waals surface area contributed by atoms with Crippen LogP contribution >= 0.6 is 0 Å². The highest BCUT2D eigenvalue weighted by atomic mass is 19.4. The highest BCUT2D eigenvalue weighted by molar-refractivity contribution is 5.59. The molecule has 2 aromatic carbocycles. The molecule has 0 spiro atoms. The van der Waals surface area contributed by atoms with Gasteiger partial charge in [-0.1, -0.05) is 45.0 Å². The molecule has 3 aromatic rings. The Morgan fingerprint density at radius 2 is 1.57 bits per heavy atom. The molecule has 3 rings (SSSR count). The van der Waals surface area contributed by atoms with Gasteiger partial charge in [-0.3, -0.25) is 0 Å². The SMILES string of the molecule is Cc1oc(-c2ccc(C(F)(F)F)cc2)cc1COc1cccc(C(C)(C)C)c1. The van der Waals surface area contributed by atoms with Crippen LogP contribution < -0.4 is 4.74 Å². The van der Waals surface area contributed by atoms with Gasteiger partial charge < -0.3 is 9.15 Å². The maximum atomic E-state index is 12.7. The molecule has 1 aromatic heterocycles. The third-order valence-corrected chi connectivity index (χ3v) is 4.61.